The number of aliphatic hydroxyl groups is 1. The minimum absolute atomic E-state index is 0.157. The molecular weight excluding hydrogens is 382 g/mol. The van der Waals surface area contributed by atoms with Gasteiger partial charge in [0, 0.05) is 5.69 Å². The van der Waals surface area contributed by atoms with Gasteiger partial charge in [0.2, 0.25) is 0 Å². The van der Waals surface area contributed by atoms with Gasteiger partial charge in [-0.2, -0.15) is 0 Å². The second kappa shape index (κ2) is 7.23. The molecule has 4 aliphatic rings. The smallest absolute Gasteiger partial charge is 0.306 e. The monoisotopic (exact) mass is 407 g/mol. The number of ether oxygens (including phenoxy) is 2. The summed E-state index contributed by atoms with van der Waals surface area (Å²) in [6.07, 6.45) is 5.84. The van der Waals surface area contributed by atoms with Gasteiger partial charge in [-0.25, -0.2) is 0 Å². The van der Waals surface area contributed by atoms with E-state index in [1.165, 1.54) is 13.5 Å². The highest BCUT2D eigenvalue weighted by Crippen LogP contribution is 2.62. The third kappa shape index (κ3) is 3.98. The highest BCUT2D eigenvalue weighted by molar-refractivity contribution is 6.32. The molecule has 0 spiro atoms. The zero-order valence-corrected chi connectivity index (χ0v) is 16.8. The van der Waals surface area contributed by atoms with Crippen molar-refractivity contribution in [2.45, 2.75) is 50.5 Å². The quantitative estimate of drug-likeness (QED) is 0.704. The minimum atomic E-state index is -0.602. The Kier molecular flexibility index (Phi) is 5.04. The van der Waals surface area contributed by atoms with Crippen molar-refractivity contribution < 1.29 is 24.2 Å². The average molecular weight is 408 g/mol. The molecule has 7 heteroatoms. The Hall–Kier alpha value is -1.79. The number of rotatable bonds is 6. The summed E-state index contributed by atoms with van der Waals surface area (Å²) in [4.78, 5) is 24.5. The van der Waals surface area contributed by atoms with Crippen molar-refractivity contribution in [2.75, 3.05) is 19.0 Å². The molecule has 4 aliphatic carbocycles. The van der Waals surface area contributed by atoms with Crippen LogP contribution in [0.15, 0.2) is 18.2 Å². The predicted molar refractivity (Wildman–Crippen MR) is 104 cm³/mol. The van der Waals surface area contributed by atoms with Crippen molar-refractivity contribution in [2.24, 2.45) is 17.3 Å². The van der Waals surface area contributed by atoms with Gasteiger partial charge in [-0.05, 0) is 74.0 Å². The van der Waals surface area contributed by atoms with Crippen molar-refractivity contribution in [3.63, 3.8) is 0 Å². The maximum atomic E-state index is 12.4. The first-order chi connectivity index (χ1) is 13.3. The standard InChI is InChI=1S/C21H26ClNO5/c1-27-17-3-2-15(5-16(17)22)23-18(24)11-28-19(25)10-20-6-13-4-14(7-20)9-21(26,8-13)12-20/h2-3,5,13-14,26H,4,6-12H2,1H3,(H,23,24)/t13-,14+,20?,21?. The van der Waals surface area contributed by atoms with Crippen molar-refractivity contribution in [1.29, 1.82) is 0 Å². The number of amides is 1. The number of carbonyl (C=O) groups excluding carboxylic acids is 2. The van der Waals surface area contributed by atoms with Crippen LogP contribution in [0.3, 0.4) is 0 Å². The Balaban J connectivity index is 1.29. The van der Waals surface area contributed by atoms with Crippen LogP contribution >= 0.6 is 11.6 Å². The SMILES string of the molecule is COc1ccc(NC(=O)COC(=O)CC23C[C@@H]4C[C@@H](CC(O)(C4)C2)C3)cc1Cl. The van der Waals surface area contributed by atoms with Gasteiger partial charge < -0.3 is 19.9 Å². The van der Waals surface area contributed by atoms with E-state index in [0.717, 1.165) is 25.7 Å². The summed E-state index contributed by atoms with van der Waals surface area (Å²) in [6, 6.07) is 4.90. The first kappa shape index (κ1) is 19.5. The fourth-order valence-corrected chi connectivity index (χ4v) is 6.31. The van der Waals surface area contributed by atoms with Gasteiger partial charge in [0.25, 0.3) is 5.91 Å². The summed E-state index contributed by atoms with van der Waals surface area (Å²) in [6.45, 7) is -0.338. The van der Waals surface area contributed by atoms with Gasteiger partial charge >= 0.3 is 5.97 Å². The Morgan fingerprint density at radius 2 is 1.96 bits per heavy atom. The molecule has 0 heterocycles. The molecule has 2 unspecified atom stereocenters. The van der Waals surface area contributed by atoms with E-state index in [0.29, 0.717) is 34.7 Å². The first-order valence-corrected chi connectivity index (χ1v) is 10.2. The predicted octanol–water partition coefficient (Wildman–Crippen LogP) is 3.55. The van der Waals surface area contributed by atoms with Crippen LogP contribution in [0.25, 0.3) is 0 Å². The van der Waals surface area contributed by atoms with Crippen molar-refractivity contribution in [3.05, 3.63) is 23.2 Å². The van der Waals surface area contributed by atoms with Crippen LogP contribution in [-0.2, 0) is 14.3 Å². The maximum Gasteiger partial charge on any atom is 0.306 e. The highest BCUT2D eigenvalue weighted by Gasteiger charge is 2.57. The van der Waals surface area contributed by atoms with Gasteiger partial charge in [0.1, 0.15) is 5.75 Å². The molecule has 28 heavy (non-hydrogen) atoms. The number of hydrogen-bond acceptors (Lipinski definition) is 5. The van der Waals surface area contributed by atoms with Crippen LogP contribution in [0.5, 0.6) is 5.75 Å². The number of nitrogens with one attached hydrogen (secondary N) is 1. The second-order valence-corrected chi connectivity index (χ2v) is 9.33. The molecule has 152 valence electrons. The summed E-state index contributed by atoms with van der Waals surface area (Å²) >= 11 is 6.04. The van der Waals surface area contributed by atoms with E-state index in [1.54, 1.807) is 18.2 Å². The van der Waals surface area contributed by atoms with Crippen LogP contribution in [0.1, 0.15) is 44.9 Å². The summed E-state index contributed by atoms with van der Waals surface area (Å²) < 4.78 is 10.3. The molecule has 4 fully saturated rings. The van der Waals surface area contributed by atoms with Crippen LogP contribution < -0.4 is 10.1 Å². The molecule has 0 radical (unpaired) electrons. The van der Waals surface area contributed by atoms with E-state index >= 15 is 0 Å². The van der Waals surface area contributed by atoms with Gasteiger partial charge in [-0.15, -0.1) is 0 Å². The molecule has 0 aliphatic heterocycles. The number of hydrogen-bond donors (Lipinski definition) is 2. The van der Waals surface area contributed by atoms with Crippen LogP contribution in [0.2, 0.25) is 5.02 Å². The zero-order valence-electron chi connectivity index (χ0n) is 16.0. The van der Waals surface area contributed by atoms with E-state index in [1.807, 2.05) is 0 Å². The van der Waals surface area contributed by atoms with Crippen LogP contribution in [0.4, 0.5) is 5.69 Å². The van der Waals surface area contributed by atoms with E-state index in [-0.39, 0.29) is 24.4 Å². The molecule has 1 aromatic rings. The molecule has 4 bridgehead atoms. The summed E-state index contributed by atoms with van der Waals surface area (Å²) in [5.74, 6) is 0.764. The first-order valence-electron chi connectivity index (χ1n) is 9.80. The highest BCUT2D eigenvalue weighted by atomic mass is 35.5. The van der Waals surface area contributed by atoms with Crippen molar-refractivity contribution in [1.82, 2.24) is 0 Å². The number of benzene rings is 1. The van der Waals surface area contributed by atoms with Gasteiger partial charge in [0.05, 0.1) is 24.2 Å². The Morgan fingerprint density at radius 1 is 1.25 bits per heavy atom. The lowest BCUT2D eigenvalue weighted by molar-refractivity contribution is -0.177. The molecular formula is C21H26ClNO5. The van der Waals surface area contributed by atoms with Crippen LogP contribution in [0, 0.1) is 17.3 Å². The van der Waals surface area contributed by atoms with E-state index in [2.05, 4.69) is 5.32 Å². The minimum Gasteiger partial charge on any atom is -0.495 e. The van der Waals surface area contributed by atoms with E-state index in [4.69, 9.17) is 21.1 Å². The summed E-state index contributed by atoms with van der Waals surface area (Å²) in [5, 5.41) is 13.8. The molecule has 1 aromatic carbocycles. The number of anilines is 1. The lowest BCUT2D eigenvalue weighted by Crippen LogP contribution is -2.56. The number of halogens is 1. The van der Waals surface area contributed by atoms with Crippen LogP contribution in [-0.4, -0.2) is 36.3 Å². The zero-order chi connectivity index (χ0) is 19.9. The molecule has 0 saturated heterocycles. The molecule has 1 amide bonds. The normalized spacial score (nSPS) is 32.8. The summed E-state index contributed by atoms with van der Waals surface area (Å²) in [7, 11) is 1.52. The molecule has 4 saturated carbocycles. The van der Waals surface area contributed by atoms with Gasteiger partial charge in [0.15, 0.2) is 6.61 Å². The van der Waals surface area contributed by atoms with Gasteiger partial charge in [-0.1, -0.05) is 11.6 Å². The molecule has 6 nitrogen and oxygen atoms in total. The molecule has 5 rings (SSSR count). The number of esters is 1. The van der Waals surface area contributed by atoms with E-state index in [9.17, 15) is 14.7 Å². The third-order valence-corrected chi connectivity index (χ3v) is 6.77. The summed E-state index contributed by atoms with van der Waals surface area (Å²) in [5.41, 5.74) is -0.249. The Morgan fingerprint density at radius 3 is 2.57 bits per heavy atom. The lowest BCUT2D eigenvalue weighted by atomic mass is 9.47. The van der Waals surface area contributed by atoms with Crippen molar-refractivity contribution >= 4 is 29.2 Å². The Bertz CT molecular complexity index is 781. The average Bonchev–Trinajstić information content (AvgIpc) is 2.57. The van der Waals surface area contributed by atoms with Crippen molar-refractivity contribution in [3.8, 4) is 5.75 Å². The fraction of sp³-hybridized carbons (Fsp3) is 0.619. The number of carbonyl (C=O) groups is 2. The Labute approximate surface area is 169 Å². The molecule has 0 aromatic heterocycles. The maximum absolute atomic E-state index is 12.4. The topological polar surface area (TPSA) is 84.9 Å². The molecule has 2 N–H and O–H groups in total. The van der Waals surface area contributed by atoms with E-state index < -0.39 is 11.5 Å². The molecule has 4 atom stereocenters. The second-order valence-electron chi connectivity index (χ2n) is 8.92. The number of methoxy groups -OCH3 is 1. The van der Waals surface area contributed by atoms with Gasteiger partial charge in [-0.3, -0.25) is 9.59 Å². The lowest BCUT2D eigenvalue weighted by Gasteiger charge is -2.60. The largest absolute Gasteiger partial charge is 0.495 e. The fourth-order valence-electron chi connectivity index (χ4n) is 6.05. The third-order valence-electron chi connectivity index (χ3n) is 6.47.